The molecule has 0 radical (unpaired) electrons. The van der Waals surface area contributed by atoms with Crippen LogP contribution in [0.15, 0.2) is 0 Å². The number of hydrogen-bond donors (Lipinski definition) is 1. The van der Waals surface area contributed by atoms with E-state index in [1.165, 1.54) is 11.9 Å². The monoisotopic (exact) mass is 254 g/mol. The molecule has 2 unspecified atom stereocenters. The molecule has 1 fully saturated rings. The third kappa shape index (κ3) is 5.70. The lowest BCUT2D eigenvalue weighted by molar-refractivity contribution is -0.143. The van der Waals surface area contributed by atoms with Gasteiger partial charge in [-0.05, 0) is 20.0 Å². The second kappa shape index (κ2) is 6.56. The average molecular weight is 254 g/mol. The van der Waals surface area contributed by atoms with E-state index in [2.05, 4.69) is 5.32 Å². The molecule has 1 N–H and O–H groups in total. The van der Waals surface area contributed by atoms with E-state index in [9.17, 15) is 13.2 Å². The van der Waals surface area contributed by atoms with Gasteiger partial charge in [-0.1, -0.05) is 6.92 Å². The van der Waals surface area contributed by atoms with Gasteiger partial charge in [0.05, 0.1) is 13.2 Å². The molecular formula is C11H21F3N2O. The largest absolute Gasteiger partial charge is 0.401 e. The molecule has 0 spiro atoms. The molecule has 1 aliphatic rings. The zero-order valence-electron chi connectivity index (χ0n) is 10.4. The summed E-state index contributed by atoms with van der Waals surface area (Å²) in [5.74, 6) is 0.325. The quantitative estimate of drug-likeness (QED) is 0.777. The third-order valence-corrected chi connectivity index (χ3v) is 2.96. The highest BCUT2D eigenvalue weighted by molar-refractivity contribution is 4.81. The maximum atomic E-state index is 12.2. The topological polar surface area (TPSA) is 24.5 Å². The Morgan fingerprint density at radius 3 is 2.65 bits per heavy atom. The van der Waals surface area contributed by atoms with Crippen LogP contribution in [-0.4, -0.2) is 57.0 Å². The van der Waals surface area contributed by atoms with Crippen molar-refractivity contribution in [2.75, 3.05) is 39.9 Å². The van der Waals surface area contributed by atoms with Crippen molar-refractivity contribution in [3.63, 3.8) is 0 Å². The van der Waals surface area contributed by atoms with E-state index < -0.39 is 12.7 Å². The van der Waals surface area contributed by atoms with Crippen molar-refractivity contribution in [2.24, 2.45) is 5.92 Å². The van der Waals surface area contributed by atoms with Crippen molar-refractivity contribution >= 4 is 0 Å². The summed E-state index contributed by atoms with van der Waals surface area (Å²) >= 11 is 0. The van der Waals surface area contributed by atoms with Gasteiger partial charge in [-0.2, -0.15) is 13.2 Å². The number of nitrogens with one attached hydrogen (secondary N) is 1. The maximum Gasteiger partial charge on any atom is 0.401 e. The lowest BCUT2D eigenvalue weighted by Gasteiger charge is -2.28. The second-order valence-corrected chi connectivity index (χ2v) is 4.60. The zero-order chi connectivity index (χ0) is 12.9. The Bertz CT molecular complexity index is 217. The molecule has 2 atom stereocenters. The molecule has 0 bridgehead atoms. The van der Waals surface area contributed by atoms with Crippen LogP contribution in [0.4, 0.5) is 13.2 Å². The van der Waals surface area contributed by atoms with Gasteiger partial charge in [0.15, 0.2) is 0 Å². The van der Waals surface area contributed by atoms with Crippen LogP contribution in [0.3, 0.4) is 0 Å². The van der Waals surface area contributed by atoms with E-state index in [4.69, 9.17) is 4.74 Å². The van der Waals surface area contributed by atoms with E-state index in [-0.39, 0.29) is 6.04 Å². The molecule has 0 aliphatic carbocycles. The molecule has 0 aromatic carbocycles. The summed E-state index contributed by atoms with van der Waals surface area (Å²) in [5, 5.41) is 3.25. The average Bonchev–Trinajstić information content (AvgIpc) is 2.66. The van der Waals surface area contributed by atoms with Crippen LogP contribution >= 0.6 is 0 Å². The standard InChI is InChI=1S/C11H21F3N2O/c1-3-15-10(9-4-5-17-7-9)6-16(2)8-11(12,13)14/h9-10,15H,3-8H2,1-2H3. The molecule has 1 rings (SSSR count). The number of halogens is 3. The highest BCUT2D eigenvalue weighted by atomic mass is 19.4. The Hall–Kier alpha value is -0.330. The lowest BCUT2D eigenvalue weighted by Crippen LogP contribution is -2.46. The summed E-state index contributed by atoms with van der Waals surface area (Å²) in [5.41, 5.74) is 0. The molecule has 3 nitrogen and oxygen atoms in total. The Morgan fingerprint density at radius 1 is 1.47 bits per heavy atom. The van der Waals surface area contributed by atoms with Crippen molar-refractivity contribution < 1.29 is 17.9 Å². The Kier molecular flexibility index (Phi) is 5.69. The predicted molar refractivity (Wildman–Crippen MR) is 59.9 cm³/mol. The molecule has 0 aromatic heterocycles. The van der Waals surface area contributed by atoms with E-state index >= 15 is 0 Å². The molecule has 1 saturated heterocycles. The van der Waals surface area contributed by atoms with E-state index in [1.807, 2.05) is 6.92 Å². The van der Waals surface area contributed by atoms with Gasteiger partial charge in [-0.25, -0.2) is 0 Å². The summed E-state index contributed by atoms with van der Waals surface area (Å²) in [6.07, 6.45) is -3.20. The minimum atomic E-state index is -4.13. The Morgan fingerprint density at radius 2 is 2.18 bits per heavy atom. The number of nitrogens with zero attached hydrogens (tertiary/aromatic N) is 1. The van der Waals surface area contributed by atoms with Gasteiger partial charge in [0.2, 0.25) is 0 Å². The molecule has 0 saturated carbocycles. The number of alkyl halides is 3. The number of rotatable bonds is 6. The highest BCUT2D eigenvalue weighted by Gasteiger charge is 2.32. The van der Waals surface area contributed by atoms with Gasteiger partial charge >= 0.3 is 6.18 Å². The predicted octanol–water partition coefficient (Wildman–Crippen LogP) is 1.50. The summed E-state index contributed by atoms with van der Waals surface area (Å²) in [7, 11) is 1.51. The summed E-state index contributed by atoms with van der Waals surface area (Å²) < 4.78 is 42.0. The fraction of sp³-hybridized carbons (Fsp3) is 1.00. The SMILES string of the molecule is CCNC(CN(C)CC(F)(F)F)C1CCOC1. The number of likely N-dealkylation sites (N-methyl/N-ethyl adjacent to an activating group) is 2. The van der Waals surface area contributed by atoms with Crippen molar-refractivity contribution in [2.45, 2.75) is 25.6 Å². The maximum absolute atomic E-state index is 12.2. The first-order valence-corrected chi connectivity index (χ1v) is 5.98. The minimum absolute atomic E-state index is 0.0786. The van der Waals surface area contributed by atoms with Crippen LogP contribution in [0.1, 0.15) is 13.3 Å². The van der Waals surface area contributed by atoms with Crippen molar-refractivity contribution in [1.29, 1.82) is 0 Å². The molecule has 0 aromatic rings. The Balaban J connectivity index is 2.42. The van der Waals surface area contributed by atoms with Gasteiger partial charge in [-0.15, -0.1) is 0 Å². The summed E-state index contributed by atoms with van der Waals surface area (Å²) in [6, 6.07) is 0.0786. The van der Waals surface area contributed by atoms with Crippen molar-refractivity contribution in [3.05, 3.63) is 0 Å². The zero-order valence-corrected chi connectivity index (χ0v) is 10.4. The fourth-order valence-corrected chi connectivity index (χ4v) is 2.22. The molecular weight excluding hydrogens is 233 g/mol. The van der Waals surface area contributed by atoms with Crippen LogP contribution < -0.4 is 5.32 Å². The summed E-state index contributed by atoms with van der Waals surface area (Å²) in [6.45, 7) is 3.64. The minimum Gasteiger partial charge on any atom is -0.381 e. The lowest BCUT2D eigenvalue weighted by atomic mass is 9.98. The Labute approximate surface area is 100 Å². The van der Waals surface area contributed by atoms with E-state index in [1.54, 1.807) is 0 Å². The first-order valence-electron chi connectivity index (χ1n) is 5.98. The van der Waals surface area contributed by atoms with Gasteiger partial charge in [0.1, 0.15) is 0 Å². The first kappa shape index (κ1) is 14.7. The number of hydrogen-bond acceptors (Lipinski definition) is 3. The van der Waals surface area contributed by atoms with Crippen LogP contribution in [0.2, 0.25) is 0 Å². The van der Waals surface area contributed by atoms with E-state index in [0.717, 1.165) is 19.6 Å². The van der Waals surface area contributed by atoms with E-state index in [0.29, 0.717) is 19.1 Å². The van der Waals surface area contributed by atoms with Gasteiger partial charge in [0.25, 0.3) is 0 Å². The first-order chi connectivity index (χ1) is 7.92. The van der Waals surface area contributed by atoms with Crippen LogP contribution in [-0.2, 0) is 4.74 Å². The fourth-order valence-electron chi connectivity index (χ4n) is 2.22. The van der Waals surface area contributed by atoms with Crippen LogP contribution in [0.5, 0.6) is 0 Å². The van der Waals surface area contributed by atoms with Crippen molar-refractivity contribution in [3.8, 4) is 0 Å². The smallest absolute Gasteiger partial charge is 0.381 e. The molecule has 1 aliphatic heterocycles. The number of ether oxygens (including phenoxy) is 1. The van der Waals surface area contributed by atoms with Crippen molar-refractivity contribution in [1.82, 2.24) is 10.2 Å². The van der Waals surface area contributed by atoms with Gasteiger partial charge in [-0.3, -0.25) is 4.90 Å². The molecule has 6 heteroatoms. The van der Waals surface area contributed by atoms with Gasteiger partial charge < -0.3 is 10.1 Å². The molecule has 0 amide bonds. The van der Waals surface area contributed by atoms with Crippen LogP contribution in [0.25, 0.3) is 0 Å². The molecule has 1 heterocycles. The third-order valence-electron chi connectivity index (χ3n) is 2.96. The normalized spacial score (nSPS) is 23.3. The van der Waals surface area contributed by atoms with Crippen LogP contribution in [0, 0.1) is 5.92 Å². The molecule has 102 valence electrons. The highest BCUT2D eigenvalue weighted by Crippen LogP contribution is 2.20. The second-order valence-electron chi connectivity index (χ2n) is 4.60. The molecule has 17 heavy (non-hydrogen) atoms. The summed E-state index contributed by atoms with van der Waals surface area (Å²) in [4.78, 5) is 1.33. The van der Waals surface area contributed by atoms with Gasteiger partial charge in [0, 0.05) is 25.1 Å².